The van der Waals surface area contributed by atoms with E-state index in [1.54, 1.807) is 19.2 Å². The number of carboxylic acid groups (broad SMARTS) is 1. The van der Waals surface area contributed by atoms with Gasteiger partial charge in [-0.2, -0.15) is 0 Å². The van der Waals surface area contributed by atoms with Gasteiger partial charge in [-0.05, 0) is 38.1 Å². The van der Waals surface area contributed by atoms with E-state index in [4.69, 9.17) is 5.11 Å². The maximum absolute atomic E-state index is 11.8. The zero-order valence-corrected chi connectivity index (χ0v) is 11.5. The van der Waals surface area contributed by atoms with Crippen LogP contribution in [0.1, 0.15) is 22.8 Å². The SMILES string of the molecule is CN[C@@H](Cc1ccc(C(=O)O)cc1)C(=O)NCC(C)=O. The third-order valence-corrected chi connectivity index (χ3v) is 2.82. The summed E-state index contributed by atoms with van der Waals surface area (Å²) >= 11 is 0. The number of likely N-dealkylation sites (N-methyl/N-ethyl adjacent to an activating group) is 1. The van der Waals surface area contributed by atoms with Crippen LogP contribution < -0.4 is 10.6 Å². The van der Waals surface area contributed by atoms with Crippen LogP contribution in [0.2, 0.25) is 0 Å². The molecule has 0 unspecified atom stereocenters. The van der Waals surface area contributed by atoms with Gasteiger partial charge in [0.2, 0.25) is 5.91 Å². The van der Waals surface area contributed by atoms with Gasteiger partial charge in [0.05, 0.1) is 18.2 Å². The molecule has 108 valence electrons. The largest absolute Gasteiger partial charge is 0.478 e. The van der Waals surface area contributed by atoms with Crippen LogP contribution >= 0.6 is 0 Å². The van der Waals surface area contributed by atoms with E-state index in [-0.39, 0.29) is 23.8 Å². The molecule has 1 aromatic carbocycles. The third-order valence-electron chi connectivity index (χ3n) is 2.82. The Hall–Kier alpha value is -2.21. The Labute approximate surface area is 117 Å². The zero-order chi connectivity index (χ0) is 15.1. The summed E-state index contributed by atoms with van der Waals surface area (Å²) in [6.07, 6.45) is 0.417. The molecule has 0 aliphatic carbocycles. The number of ketones is 1. The summed E-state index contributed by atoms with van der Waals surface area (Å²) in [5.41, 5.74) is 1.04. The minimum Gasteiger partial charge on any atom is -0.478 e. The molecule has 1 rings (SSSR count). The fourth-order valence-electron chi connectivity index (χ4n) is 1.68. The van der Waals surface area contributed by atoms with Gasteiger partial charge >= 0.3 is 5.97 Å². The second-order valence-electron chi connectivity index (χ2n) is 4.47. The number of benzene rings is 1. The van der Waals surface area contributed by atoms with Crippen LogP contribution in [0.3, 0.4) is 0 Å². The second-order valence-corrected chi connectivity index (χ2v) is 4.47. The average molecular weight is 278 g/mol. The molecule has 0 radical (unpaired) electrons. The van der Waals surface area contributed by atoms with E-state index in [0.717, 1.165) is 5.56 Å². The molecule has 0 aliphatic heterocycles. The van der Waals surface area contributed by atoms with E-state index in [1.807, 2.05) is 0 Å². The Morgan fingerprint density at radius 2 is 1.80 bits per heavy atom. The monoisotopic (exact) mass is 278 g/mol. The number of Topliss-reactive ketones (excluding diaryl/α,β-unsaturated/α-hetero) is 1. The standard InChI is InChI=1S/C14H18N2O4/c1-9(17)8-16-13(18)12(15-2)7-10-3-5-11(6-4-10)14(19)20/h3-6,12,15H,7-8H2,1-2H3,(H,16,18)(H,19,20)/t12-/m0/s1. The molecule has 0 saturated carbocycles. The highest BCUT2D eigenvalue weighted by Gasteiger charge is 2.17. The van der Waals surface area contributed by atoms with Gasteiger partial charge in [-0.1, -0.05) is 12.1 Å². The number of nitrogens with one attached hydrogen (secondary N) is 2. The highest BCUT2D eigenvalue weighted by Crippen LogP contribution is 2.07. The highest BCUT2D eigenvalue weighted by molar-refractivity contribution is 5.88. The third kappa shape index (κ3) is 4.81. The van der Waals surface area contributed by atoms with Crippen molar-refractivity contribution < 1.29 is 19.5 Å². The minimum atomic E-state index is -0.985. The molecule has 0 aliphatic rings. The number of carboxylic acids is 1. The lowest BCUT2D eigenvalue weighted by molar-refractivity contribution is -0.125. The van der Waals surface area contributed by atoms with Crippen molar-refractivity contribution in [2.45, 2.75) is 19.4 Å². The van der Waals surface area contributed by atoms with Crippen molar-refractivity contribution in [1.29, 1.82) is 0 Å². The second kappa shape index (κ2) is 7.40. The molecule has 1 aromatic rings. The molecule has 1 atom stereocenters. The van der Waals surface area contributed by atoms with Gasteiger partial charge in [-0.15, -0.1) is 0 Å². The number of hydrogen-bond donors (Lipinski definition) is 3. The first-order valence-electron chi connectivity index (χ1n) is 6.20. The summed E-state index contributed by atoms with van der Waals surface area (Å²) in [6, 6.07) is 5.87. The summed E-state index contributed by atoms with van der Waals surface area (Å²) in [4.78, 5) is 33.4. The van der Waals surface area contributed by atoms with Gasteiger partial charge in [-0.25, -0.2) is 4.79 Å². The highest BCUT2D eigenvalue weighted by atomic mass is 16.4. The lowest BCUT2D eigenvalue weighted by Gasteiger charge is -2.15. The molecular weight excluding hydrogens is 260 g/mol. The smallest absolute Gasteiger partial charge is 0.335 e. The van der Waals surface area contributed by atoms with Crippen molar-refractivity contribution in [2.24, 2.45) is 0 Å². The first kappa shape index (κ1) is 15.8. The van der Waals surface area contributed by atoms with Crippen molar-refractivity contribution in [3.63, 3.8) is 0 Å². The first-order chi connectivity index (χ1) is 9.43. The number of hydrogen-bond acceptors (Lipinski definition) is 4. The Morgan fingerprint density at radius 1 is 1.20 bits per heavy atom. The van der Waals surface area contributed by atoms with E-state index in [9.17, 15) is 14.4 Å². The summed E-state index contributed by atoms with van der Waals surface area (Å²) in [7, 11) is 1.66. The van der Waals surface area contributed by atoms with Crippen LogP contribution in [0, 0.1) is 0 Å². The topological polar surface area (TPSA) is 95.5 Å². The average Bonchev–Trinajstić information content (AvgIpc) is 2.42. The molecule has 3 N–H and O–H groups in total. The van der Waals surface area contributed by atoms with E-state index >= 15 is 0 Å². The maximum atomic E-state index is 11.8. The van der Waals surface area contributed by atoms with Crippen molar-refractivity contribution in [3.05, 3.63) is 35.4 Å². The number of amides is 1. The summed E-state index contributed by atoms with van der Waals surface area (Å²) in [6.45, 7) is 1.41. The Bertz CT molecular complexity index is 496. The molecule has 0 spiro atoms. The molecule has 0 fully saturated rings. The summed E-state index contributed by atoms with van der Waals surface area (Å²) < 4.78 is 0. The van der Waals surface area contributed by atoms with Gasteiger partial charge < -0.3 is 15.7 Å². The molecule has 0 saturated heterocycles. The lowest BCUT2D eigenvalue weighted by Crippen LogP contribution is -2.45. The Balaban J connectivity index is 2.65. The van der Waals surface area contributed by atoms with Crippen molar-refractivity contribution in [3.8, 4) is 0 Å². The molecule has 1 amide bonds. The van der Waals surface area contributed by atoms with Crippen LogP contribution in [0.25, 0.3) is 0 Å². The van der Waals surface area contributed by atoms with Crippen molar-refractivity contribution in [2.75, 3.05) is 13.6 Å². The predicted octanol–water partition coefficient (Wildman–Crippen LogP) is 0.220. The molecule has 6 heteroatoms. The van der Waals surface area contributed by atoms with Crippen molar-refractivity contribution in [1.82, 2.24) is 10.6 Å². The van der Waals surface area contributed by atoms with Crippen LogP contribution in [0.15, 0.2) is 24.3 Å². The van der Waals surface area contributed by atoms with Gasteiger partial charge in [0.25, 0.3) is 0 Å². The normalized spacial score (nSPS) is 11.7. The van der Waals surface area contributed by atoms with Crippen molar-refractivity contribution >= 4 is 17.7 Å². The number of aromatic carboxylic acids is 1. The summed E-state index contributed by atoms with van der Waals surface area (Å²) in [5, 5.41) is 14.2. The van der Waals surface area contributed by atoms with Gasteiger partial charge in [-0.3, -0.25) is 9.59 Å². The van der Waals surface area contributed by atoms with E-state index in [2.05, 4.69) is 10.6 Å². The van der Waals surface area contributed by atoms with E-state index in [1.165, 1.54) is 19.1 Å². The molecule has 6 nitrogen and oxygen atoms in total. The molecular formula is C14H18N2O4. The molecule has 20 heavy (non-hydrogen) atoms. The Kier molecular flexibility index (Phi) is 5.86. The van der Waals surface area contributed by atoms with Gasteiger partial charge in [0.1, 0.15) is 5.78 Å². The fraction of sp³-hybridized carbons (Fsp3) is 0.357. The first-order valence-corrected chi connectivity index (χ1v) is 6.20. The minimum absolute atomic E-state index is 0.00889. The Morgan fingerprint density at radius 3 is 2.25 bits per heavy atom. The lowest BCUT2D eigenvalue weighted by atomic mass is 10.0. The fourth-order valence-corrected chi connectivity index (χ4v) is 1.68. The zero-order valence-electron chi connectivity index (χ0n) is 11.5. The molecule has 0 bridgehead atoms. The quantitative estimate of drug-likeness (QED) is 0.663. The van der Waals surface area contributed by atoms with Crippen LogP contribution in [-0.2, 0) is 16.0 Å². The molecule has 0 heterocycles. The number of rotatable bonds is 7. The van der Waals surface area contributed by atoms with Crippen LogP contribution in [0.4, 0.5) is 0 Å². The van der Waals surface area contributed by atoms with E-state index < -0.39 is 12.0 Å². The van der Waals surface area contributed by atoms with Gasteiger partial charge in [0, 0.05) is 0 Å². The predicted molar refractivity (Wildman–Crippen MR) is 73.6 cm³/mol. The van der Waals surface area contributed by atoms with E-state index in [0.29, 0.717) is 6.42 Å². The number of carbonyl (C=O) groups is 3. The number of carbonyl (C=O) groups excluding carboxylic acids is 2. The summed E-state index contributed by atoms with van der Waals surface area (Å²) in [5.74, 6) is -1.36. The van der Waals surface area contributed by atoms with Gasteiger partial charge in [0.15, 0.2) is 0 Å². The maximum Gasteiger partial charge on any atom is 0.335 e. The van der Waals surface area contributed by atoms with Crippen LogP contribution in [0.5, 0.6) is 0 Å². The molecule has 0 aromatic heterocycles. The van der Waals surface area contributed by atoms with Crippen LogP contribution in [-0.4, -0.2) is 42.4 Å².